The number of hydrogen-bond donors (Lipinski definition) is 3. The predicted octanol–water partition coefficient (Wildman–Crippen LogP) is 3.15. The number of benzene rings is 2. The number of carbonyl (C=O) groups excluding carboxylic acids is 3. The van der Waals surface area contributed by atoms with E-state index in [1.165, 1.54) is 0 Å². The van der Waals surface area contributed by atoms with Gasteiger partial charge >= 0.3 is 0 Å². The summed E-state index contributed by atoms with van der Waals surface area (Å²) in [6, 6.07) is 10.3. The Balaban J connectivity index is 1.46. The van der Waals surface area contributed by atoms with Crippen molar-refractivity contribution in [1.82, 2.24) is 5.32 Å². The van der Waals surface area contributed by atoms with Crippen LogP contribution in [0.15, 0.2) is 64.8 Å². The van der Waals surface area contributed by atoms with E-state index in [4.69, 9.17) is 11.6 Å². The van der Waals surface area contributed by atoms with Crippen molar-refractivity contribution < 1.29 is 19.5 Å². The van der Waals surface area contributed by atoms with Gasteiger partial charge in [0.25, 0.3) is 11.8 Å². The molecular weight excluding hydrogens is 430 g/mol. The number of amides is 2. The van der Waals surface area contributed by atoms with Crippen molar-refractivity contribution in [3.05, 3.63) is 87.1 Å². The molecule has 2 heterocycles. The zero-order chi connectivity index (χ0) is 22.4. The molecule has 0 radical (unpaired) electrons. The number of nitrogens with zero attached hydrogens (tertiary/aromatic N) is 1. The molecule has 32 heavy (non-hydrogen) atoms. The van der Waals surface area contributed by atoms with Crippen LogP contribution in [0.3, 0.4) is 0 Å². The van der Waals surface area contributed by atoms with Gasteiger partial charge in [-0.15, -0.1) is 0 Å². The molecule has 0 saturated carbocycles. The SMILES string of the molecule is O=C1CC=CC(=NC[C@@H](O)c2cccc(Cl)c2)C1=C1Cc2cc3c(cc2N1)C(=O)NC3=O. The number of aliphatic imine (C=N–C) groups is 1. The van der Waals surface area contributed by atoms with Crippen molar-refractivity contribution in [2.45, 2.75) is 18.9 Å². The van der Waals surface area contributed by atoms with Crippen LogP contribution < -0.4 is 10.6 Å². The first kappa shape index (κ1) is 20.4. The van der Waals surface area contributed by atoms with Gasteiger partial charge in [-0.25, -0.2) is 0 Å². The molecule has 2 amide bonds. The van der Waals surface area contributed by atoms with E-state index >= 15 is 0 Å². The van der Waals surface area contributed by atoms with Gasteiger partial charge in [-0.05, 0) is 41.5 Å². The highest BCUT2D eigenvalue weighted by Gasteiger charge is 2.32. The summed E-state index contributed by atoms with van der Waals surface area (Å²) in [4.78, 5) is 41.2. The number of imide groups is 1. The summed E-state index contributed by atoms with van der Waals surface area (Å²) in [5, 5.41) is 16.5. The fourth-order valence-corrected chi connectivity index (χ4v) is 4.33. The van der Waals surface area contributed by atoms with E-state index in [2.05, 4.69) is 15.6 Å². The largest absolute Gasteiger partial charge is 0.386 e. The third-order valence-corrected chi connectivity index (χ3v) is 5.93. The number of hydrogen-bond acceptors (Lipinski definition) is 6. The summed E-state index contributed by atoms with van der Waals surface area (Å²) in [6.07, 6.45) is 3.32. The Labute approximate surface area is 188 Å². The van der Waals surface area contributed by atoms with E-state index in [0.717, 1.165) is 5.56 Å². The zero-order valence-corrected chi connectivity index (χ0v) is 17.6. The number of fused-ring (bicyclic) bond motifs is 2. The summed E-state index contributed by atoms with van der Waals surface area (Å²) in [6.45, 7) is 0.0694. The molecule has 0 saturated heterocycles. The molecule has 5 rings (SSSR count). The topological polar surface area (TPSA) is 108 Å². The third-order valence-electron chi connectivity index (χ3n) is 5.70. The second-order valence-corrected chi connectivity index (χ2v) is 8.26. The molecule has 0 spiro atoms. The fraction of sp³-hybridized carbons (Fsp3) is 0.167. The monoisotopic (exact) mass is 447 g/mol. The molecule has 0 unspecified atom stereocenters. The fourth-order valence-electron chi connectivity index (χ4n) is 4.13. The molecule has 1 atom stereocenters. The average molecular weight is 448 g/mol. The van der Waals surface area contributed by atoms with Crippen LogP contribution in [0.25, 0.3) is 0 Å². The van der Waals surface area contributed by atoms with Gasteiger partial charge in [-0.3, -0.25) is 24.7 Å². The number of halogens is 1. The highest BCUT2D eigenvalue weighted by atomic mass is 35.5. The Hall–Kier alpha value is -3.55. The van der Waals surface area contributed by atoms with Crippen LogP contribution in [0, 0.1) is 0 Å². The van der Waals surface area contributed by atoms with Crippen molar-refractivity contribution >= 4 is 40.6 Å². The maximum Gasteiger partial charge on any atom is 0.259 e. The average Bonchev–Trinajstić information content (AvgIpc) is 3.30. The molecule has 3 aliphatic rings. The van der Waals surface area contributed by atoms with Crippen LogP contribution in [0.4, 0.5) is 5.69 Å². The van der Waals surface area contributed by atoms with Gasteiger partial charge in [0, 0.05) is 29.2 Å². The van der Waals surface area contributed by atoms with Crippen molar-refractivity contribution in [3.8, 4) is 0 Å². The normalized spacial score (nSPS) is 21.4. The maximum absolute atomic E-state index is 12.8. The second-order valence-electron chi connectivity index (χ2n) is 7.82. The molecule has 2 aromatic rings. The number of rotatable bonds is 3. The Morgan fingerprint density at radius 3 is 2.62 bits per heavy atom. The first-order valence-electron chi connectivity index (χ1n) is 10.1. The van der Waals surface area contributed by atoms with Crippen molar-refractivity contribution in [3.63, 3.8) is 0 Å². The van der Waals surface area contributed by atoms with Gasteiger partial charge in [0.15, 0.2) is 5.78 Å². The molecule has 2 aliphatic heterocycles. The predicted molar refractivity (Wildman–Crippen MR) is 120 cm³/mol. The Morgan fingerprint density at radius 1 is 1.06 bits per heavy atom. The number of allylic oxidation sites excluding steroid dienone is 4. The van der Waals surface area contributed by atoms with Crippen molar-refractivity contribution in [2.24, 2.45) is 4.99 Å². The highest BCUT2D eigenvalue weighted by molar-refractivity contribution is 6.30. The minimum Gasteiger partial charge on any atom is -0.386 e. The Morgan fingerprint density at radius 2 is 1.84 bits per heavy atom. The van der Waals surface area contributed by atoms with E-state index in [-0.39, 0.29) is 18.7 Å². The molecule has 7 nitrogen and oxygen atoms in total. The minimum atomic E-state index is -0.862. The summed E-state index contributed by atoms with van der Waals surface area (Å²) in [7, 11) is 0. The van der Waals surface area contributed by atoms with Crippen LogP contribution in [-0.4, -0.2) is 35.0 Å². The number of aliphatic hydroxyl groups excluding tert-OH is 1. The Bertz CT molecular complexity index is 1250. The summed E-state index contributed by atoms with van der Waals surface area (Å²) < 4.78 is 0. The zero-order valence-electron chi connectivity index (χ0n) is 16.8. The number of carbonyl (C=O) groups is 3. The number of anilines is 1. The van der Waals surface area contributed by atoms with Gasteiger partial charge in [0.05, 0.1) is 35.1 Å². The number of aliphatic hydroxyl groups is 1. The number of Topliss-reactive ketones (excluding diaryl/α,β-unsaturated/α-hetero) is 1. The van der Waals surface area contributed by atoms with Gasteiger partial charge in [0.1, 0.15) is 0 Å². The summed E-state index contributed by atoms with van der Waals surface area (Å²) >= 11 is 6.00. The molecule has 0 aromatic heterocycles. The van der Waals surface area contributed by atoms with Gasteiger partial charge in [-0.1, -0.05) is 29.8 Å². The van der Waals surface area contributed by atoms with Gasteiger partial charge in [-0.2, -0.15) is 0 Å². The molecule has 0 bridgehead atoms. The van der Waals surface area contributed by atoms with E-state index < -0.39 is 17.9 Å². The highest BCUT2D eigenvalue weighted by Crippen LogP contribution is 2.35. The lowest BCUT2D eigenvalue weighted by molar-refractivity contribution is -0.114. The molecule has 1 aliphatic carbocycles. The van der Waals surface area contributed by atoms with E-state index in [0.29, 0.717) is 50.8 Å². The number of nitrogens with one attached hydrogen (secondary N) is 2. The lowest BCUT2D eigenvalue weighted by Crippen LogP contribution is -2.20. The van der Waals surface area contributed by atoms with Crippen LogP contribution in [0.5, 0.6) is 0 Å². The van der Waals surface area contributed by atoms with Gasteiger partial charge < -0.3 is 10.4 Å². The molecule has 3 N–H and O–H groups in total. The van der Waals surface area contributed by atoms with Crippen LogP contribution in [0.1, 0.15) is 44.4 Å². The molecule has 160 valence electrons. The number of ketones is 1. The van der Waals surface area contributed by atoms with Crippen LogP contribution in [-0.2, 0) is 11.2 Å². The molecule has 8 heteroatoms. The molecule has 2 aromatic carbocycles. The summed E-state index contributed by atoms with van der Waals surface area (Å²) in [5.74, 6) is -0.923. The third kappa shape index (κ3) is 3.55. The first-order chi connectivity index (χ1) is 15.4. The van der Waals surface area contributed by atoms with E-state index in [1.807, 2.05) is 0 Å². The maximum atomic E-state index is 12.8. The lowest BCUT2D eigenvalue weighted by atomic mass is 9.93. The smallest absolute Gasteiger partial charge is 0.259 e. The molecular formula is C24H18ClN3O4. The second kappa shape index (κ2) is 7.85. The summed E-state index contributed by atoms with van der Waals surface area (Å²) in [5.41, 5.74) is 4.44. The van der Waals surface area contributed by atoms with Crippen molar-refractivity contribution in [1.29, 1.82) is 0 Å². The lowest BCUT2D eigenvalue weighted by Gasteiger charge is -2.16. The van der Waals surface area contributed by atoms with E-state index in [9.17, 15) is 19.5 Å². The van der Waals surface area contributed by atoms with E-state index in [1.54, 1.807) is 48.6 Å². The first-order valence-corrected chi connectivity index (χ1v) is 10.5. The minimum absolute atomic E-state index is 0.0694. The van der Waals surface area contributed by atoms with Gasteiger partial charge in [0.2, 0.25) is 0 Å². The van der Waals surface area contributed by atoms with Crippen LogP contribution in [0.2, 0.25) is 5.02 Å². The Kier molecular flexibility index (Phi) is 5.00. The molecule has 0 fully saturated rings. The standard InChI is InChI=1S/C24H18ClN3O4/c25-14-4-1-3-12(7-14)21(30)11-26-17-5-2-6-20(29)22(17)19-9-13-8-15-16(10-18(13)27-19)24(32)28-23(15)31/h1-5,7-8,10,21,27,30H,6,9,11H2,(H,28,31,32)/t21-/m1/s1. The van der Waals surface area contributed by atoms with Crippen LogP contribution >= 0.6 is 11.6 Å². The van der Waals surface area contributed by atoms with Crippen molar-refractivity contribution in [2.75, 3.05) is 11.9 Å². The quantitative estimate of drug-likeness (QED) is 0.495.